The lowest BCUT2D eigenvalue weighted by Crippen LogP contribution is -2.73. The minimum Gasteiger partial charge on any atom is -0.484 e. The Labute approximate surface area is 136 Å². The molecule has 0 aliphatic carbocycles. The first kappa shape index (κ1) is 15.7. The van der Waals surface area contributed by atoms with Crippen molar-refractivity contribution in [2.45, 2.75) is 12.1 Å². The van der Waals surface area contributed by atoms with E-state index in [0.717, 1.165) is 4.90 Å². The summed E-state index contributed by atoms with van der Waals surface area (Å²) in [6.45, 7) is -0.396. The van der Waals surface area contributed by atoms with Crippen molar-refractivity contribution in [1.82, 2.24) is 10.2 Å². The van der Waals surface area contributed by atoms with Crippen molar-refractivity contribution in [3.05, 3.63) is 42.0 Å². The molecular weight excluding hydrogens is 320 g/mol. The number of β-lactam (4-membered cyclic amide) rings is 1. The maximum absolute atomic E-state index is 12.1. The van der Waals surface area contributed by atoms with Gasteiger partial charge < -0.3 is 25.0 Å². The van der Waals surface area contributed by atoms with Crippen molar-refractivity contribution in [1.29, 1.82) is 0 Å². The molecule has 24 heavy (non-hydrogen) atoms. The van der Waals surface area contributed by atoms with Gasteiger partial charge in [0.1, 0.15) is 24.4 Å². The number of rotatable bonds is 5. The topological polar surface area (TPSA) is 125 Å². The predicted octanol–water partition coefficient (Wildman–Crippen LogP) is -0.397. The number of carbonyl (C=O) groups excluding carboxylic acids is 2. The van der Waals surface area contributed by atoms with E-state index in [1.54, 1.807) is 30.3 Å². The Morgan fingerprint density at radius 3 is 2.71 bits per heavy atom. The number of hydrogen-bond donors (Lipinski definition) is 3. The molecule has 2 aliphatic heterocycles. The number of carboxylic acid groups (broad SMARTS) is 1. The van der Waals surface area contributed by atoms with Crippen molar-refractivity contribution in [3.8, 4) is 5.75 Å². The molecule has 0 bridgehead atoms. The zero-order chi connectivity index (χ0) is 17.3. The normalized spacial score (nSPS) is 22.2. The van der Waals surface area contributed by atoms with Gasteiger partial charge in [0.15, 0.2) is 6.61 Å². The summed E-state index contributed by atoms with van der Waals surface area (Å²) in [6, 6.07) is 7.09. The molecule has 1 saturated heterocycles. The highest BCUT2D eigenvalue weighted by atomic mass is 16.6. The molecule has 126 valence electrons. The van der Waals surface area contributed by atoms with Crippen LogP contribution >= 0.6 is 0 Å². The van der Waals surface area contributed by atoms with E-state index in [9.17, 15) is 19.5 Å². The number of carboxylic acids is 1. The Hall–Kier alpha value is -3.23. The fourth-order valence-corrected chi connectivity index (χ4v) is 2.56. The summed E-state index contributed by atoms with van der Waals surface area (Å²) in [4.78, 5) is 36.0. The van der Waals surface area contributed by atoms with Crippen LogP contribution in [0.2, 0.25) is 0 Å². The molecule has 1 aromatic carbocycles. The van der Waals surface area contributed by atoms with Crippen molar-refractivity contribution >= 4 is 17.8 Å². The molecule has 0 aromatic heterocycles. The van der Waals surface area contributed by atoms with Crippen molar-refractivity contribution in [2.24, 2.45) is 0 Å². The summed E-state index contributed by atoms with van der Waals surface area (Å²) in [5.74, 6) is -2.93. The summed E-state index contributed by atoms with van der Waals surface area (Å²) in [5.41, 5.74) is -0.623. The number of benzene rings is 1. The lowest BCUT2D eigenvalue weighted by atomic mass is 9.93. The molecule has 0 unspecified atom stereocenters. The number of nitrogens with one attached hydrogen (secondary N) is 1. The highest BCUT2D eigenvalue weighted by Crippen LogP contribution is 2.31. The molecule has 0 spiro atoms. The summed E-state index contributed by atoms with van der Waals surface area (Å²) >= 11 is 0. The average Bonchev–Trinajstić information content (AvgIpc) is 2.58. The molecular formula is C15H14N2O7. The number of fused-ring (bicyclic) bond motifs is 1. The maximum Gasteiger partial charge on any atom is 0.360 e. The van der Waals surface area contributed by atoms with Crippen molar-refractivity contribution < 1.29 is 34.1 Å². The zero-order valence-electron chi connectivity index (χ0n) is 12.3. The third-order valence-corrected chi connectivity index (χ3v) is 3.69. The quantitative estimate of drug-likeness (QED) is 0.626. The third kappa shape index (κ3) is 2.71. The first-order valence-corrected chi connectivity index (χ1v) is 7.08. The molecule has 1 fully saturated rings. The molecule has 2 amide bonds. The van der Waals surface area contributed by atoms with Gasteiger partial charge in [-0.15, -0.1) is 0 Å². The SMILES string of the molecule is O=C(COc1ccccc1)N[C@H]1C(=O)N2C(C(=O)O)=C(O)OC[C@@H]12. The summed E-state index contributed by atoms with van der Waals surface area (Å²) in [6.07, 6.45) is 0. The molecule has 3 N–H and O–H groups in total. The molecule has 2 aliphatic rings. The van der Waals surface area contributed by atoms with Gasteiger partial charge in [0.05, 0.1) is 0 Å². The Morgan fingerprint density at radius 1 is 1.33 bits per heavy atom. The van der Waals surface area contributed by atoms with Gasteiger partial charge in [-0.05, 0) is 12.1 Å². The summed E-state index contributed by atoms with van der Waals surface area (Å²) < 4.78 is 10.1. The Morgan fingerprint density at radius 2 is 2.04 bits per heavy atom. The second-order valence-corrected chi connectivity index (χ2v) is 5.19. The van der Waals surface area contributed by atoms with Crippen LogP contribution in [0.3, 0.4) is 0 Å². The predicted molar refractivity (Wildman–Crippen MR) is 77.7 cm³/mol. The monoisotopic (exact) mass is 334 g/mol. The van der Waals surface area contributed by atoms with Gasteiger partial charge in [-0.25, -0.2) is 4.79 Å². The van der Waals surface area contributed by atoms with Crippen LogP contribution in [0.25, 0.3) is 0 Å². The van der Waals surface area contributed by atoms with Crippen LogP contribution in [-0.4, -0.2) is 58.2 Å². The fraction of sp³-hybridized carbons (Fsp3) is 0.267. The molecule has 2 heterocycles. The van der Waals surface area contributed by atoms with E-state index in [2.05, 4.69) is 5.32 Å². The Kier molecular flexibility index (Phi) is 3.98. The van der Waals surface area contributed by atoms with Crippen LogP contribution in [0.4, 0.5) is 0 Å². The van der Waals surface area contributed by atoms with Gasteiger partial charge in [0, 0.05) is 0 Å². The molecule has 0 radical (unpaired) electrons. The lowest BCUT2D eigenvalue weighted by molar-refractivity contribution is -0.163. The van der Waals surface area contributed by atoms with E-state index in [4.69, 9.17) is 14.6 Å². The van der Waals surface area contributed by atoms with E-state index < -0.39 is 41.5 Å². The number of aliphatic hydroxyl groups excluding tert-OH is 1. The van der Waals surface area contributed by atoms with Gasteiger partial charge in [0.25, 0.3) is 11.8 Å². The van der Waals surface area contributed by atoms with Crippen LogP contribution in [0.15, 0.2) is 42.0 Å². The van der Waals surface area contributed by atoms with E-state index in [0.29, 0.717) is 5.75 Å². The number of hydrogen-bond acceptors (Lipinski definition) is 6. The summed E-state index contributed by atoms with van der Waals surface area (Å²) in [7, 11) is 0. The number of carbonyl (C=O) groups is 3. The van der Waals surface area contributed by atoms with Crippen molar-refractivity contribution in [2.75, 3.05) is 13.2 Å². The maximum atomic E-state index is 12.1. The number of para-hydroxylation sites is 1. The molecule has 2 atom stereocenters. The van der Waals surface area contributed by atoms with Crippen LogP contribution in [0, 0.1) is 0 Å². The van der Waals surface area contributed by atoms with Crippen LogP contribution in [0.5, 0.6) is 5.75 Å². The molecule has 9 heteroatoms. The zero-order valence-corrected chi connectivity index (χ0v) is 12.3. The number of ether oxygens (including phenoxy) is 2. The highest BCUT2D eigenvalue weighted by molar-refractivity contribution is 6.01. The highest BCUT2D eigenvalue weighted by Gasteiger charge is 2.55. The number of aliphatic hydroxyl groups is 1. The van der Waals surface area contributed by atoms with Gasteiger partial charge in [0.2, 0.25) is 5.70 Å². The van der Waals surface area contributed by atoms with Gasteiger partial charge in [-0.3, -0.25) is 14.5 Å². The lowest BCUT2D eigenvalue weighted by Gasteiger charge is -2.48. The number of nitrogens with zero attached hydrogens (tertiary/aromatic N) is 1. The fourth-order valence-electron chi connectivity index (χ4n) is 2.56. The Bertz CT molecular complexity index is 716. The van der Waals surface area contributed by atoms with Gasteiger partial charge >= 0.3 is 11.9 Å². The number of aliphatic carboxylic acids is 1. The van der Waals surface area contributed by atoms with Crippen LogP contribution < -0.4 is 10.1 Å². The first-order valence-electron chi connectivity index (χ1n) is 7.08. The second-order valence-electron chi connectivity index (χ2n) is 5.19. The van der Waals surface area contributed by atoms with Gasteiger partial charge in [-0.1, -0.05) is 18.2 Å². The third-order valence-electron chi connectivity index (χ3n) is 3.69. The van der Waals surface area contributed by atoms with E-state index in [1.165, 1.54) is 0 Å². The summed E-state index contributed by atoms with van der Waals surface area (Å²) in [5, 5.41) is 20.9. The minimum absolute atomic E-state index is 0.112. The Balaban J connectivity index is 1.59. The standard InChI is InChI=1S/C15H14N2O7/c18-10(7-23-8-4-2-1-3-5-8)16-11-9-6-24-15(22)12(14(20)21)17(9)13(11)19/h1-5,9,11,22H,6-7H2,(H,16,18)(H,20,21)/t9-,11+/m0/s1. The average molecular weight is 334 g/mol. The van der Waals surface area contributed by atoms with E-state index in [1.807, 2.05) is 0 Å². The minimum atomic E-state index is -1.48. The van der Waals surface area contributed by atoms with Gasteiger partial charge in [-0.2, -0.15) is 0 Å². The van der Waals surface area contributed by atoms with E-state index in [-0.39, 0.29) is 13.2 Å². The molecule has 3 rings (SSSR count). The first-order chi connectivity index (χ1) is 11.5. The smallest absolute Gasteiger partial charge is 0.360 e. The van der Waals surface area contributed by atoms with E-state index >= 15 is 0 Å². The van der Waals surface area contributed by atoms with Crippen molar-refractivity contribution in [3.63, 3.8) is 0 Å². The molecule has 1 aromatic rings. The van der Waals surface area contributed by atoms with Crippen LogP contribution in [0.1, 0.15) is 0 Å². The van der Waals surface area contributed by atoms with Crippen LogP contribution in [-0.2, 0) is 19.1 Å². The largest absolute Gasteiger partial charge is 0.484 e. The second kappa shape index (κ2) is 6.11. The number of amides is 2. The molecule has 9 nitrogen and oxygen atoms in total. The molecule has 0 saturated carbocycles.